The molecule has 0 spiro atoms. The van der Waals surface area contributed by atoms with Crippen LogP contribution in [0.3, 0.4) is 0 Å². The molecule has 21 heavy (non-hydrogen) atoms. The first-order valence-corrected chi connectivity index (χ1v) is 7.41. The zero-order valence-corrected chi connectivity index (χ0v) is 13.1. The number of aliphatic carboxylic acids is 1. The van der Waals surface area contributed by atoms with Crippen molar-refractivity contribution in [2.75, 3.05) is 0 Å². The SMILES string of the molecule is Cc1ccc(C=CC(=O)NC2C=CC(C(=O)O)C2)c(Br)c1. The molecule has 1 aromatic carbocycles. The molecule has 1 amide bonds. The maximum absolute atomic E-state index is 11.8. The minimum Gasteiger partial charge on any atom is -0.481 e. The van der Waals surface area contributed by atoms with Gasteiger partial charge in [-0.3, -0.25) is 9.59 Å². The van der Waals surface area contributed by atoms with Crippen LogP contribution in [-0.2, 0) is 9.59 Å². The predicted molar refractivity (Wildman–Crippen MR) is 84.7 cm³/mol. The molecule has 2 atom stereocenters. The number of hydrogen-bond acceptors (Lipinski definition) is 2. The van der Waals surface area contributed by atoms with Crippen molar-refractivity contribution in [1.82, 2.24) is 5.32 Å². The Morgan fingerprint density at radius 1 is 1.38 bits per heavy atom. The average molecular weight is 350 g/mol. The van der Waals surface area contributed by atoms with Gasteiger partial charge in [-0.05, 0) is 36.6 Å². The van der Waals surface area contributed by atoms with E-state index in [9.17, 15) is 9.59 Å². The Hall–Kier alpha value is -1.88. The molecule has 2 N–H and O–H groups in total. The van der Waals surface area contributed by atoms with Gasteiger partial charge >= 0.3 is 5.97 Å². The van der Waals surface area contributed by atoms with E-state index in [0.29, 0.717) is 6.42 Å². The number of aryl methyl sites for hydroxylation is 1. The molecule has 0 saturated heterocycles. The first kappa shape index (κ1) is 15.5. The van der Waals surface area contributed by atoms with Crippen LogP contribution in [0.1, 0.15) is 17.5 Å². The van der Waals surface area contributed by atoms with Crippen molar-refractivity contribution in [2.24, 2.45) is 5.92 Å². The molecule has 0 heterocycles. The fraction of sp³-hybridized carbons (Fsp3) is 0.250. The highest BCUT2D eigenvalue weighted by Gasteiger charge is 2.24. The predicted octanol–water partition coefficient (Wildman–Crippen LogP) is 2.92. The molecule has 0 bridgehead atoms. The number of nitrogens with one attached hydrogen (secondary N) is 1. The van der Waals surface area contributed by atoms with Crippen molar-refractivity contribution in [3.05, 3.63) is 52.0 Å². The minimum absolute atomic E-state index is 0.218. The summed E-state index contributed by atoms with van der Waals surface area (Å²) in [6.45, 7) is 2.00. The fourth-order valence-corrected chi connectivity index (χ4v) is 2.78. The number of rotatable bonds is 4. The number of carboxylic acid groups (broad SMARTS) is 1. The van der Waals surface area contributed by atoms with Crippen molar-refractivity contribution in [3.63, 3.8) is 0 Å². The first-order valence-electron chi connectivity index (χ1n) is 6.61. The van der Waals surface area contributed by atoms with Crippen LogP contribution in [-0.4, -0.2) is 23.0 Å². The van der Waals surface area contributed by atoms with Crippen LogP contribution in [0.4, 0.5) is 0 Å². The molecule has 2 unspecified atom stereocenters. The van der Waals surface area contributed by atoms with E-state index in [1.807, 2.05) is 25.1 Å². The number of carboxylic acids is 1. The normalized spacial score (nSPS) is 20.9. The fourth-order valence-electron chi connectivity index (χ4n) is 2.15. The maximum atomic E-state index is 11.8. The second-order valence-electron chi connectivity index (χ2n) is 5.04. The number of carbonyl (C=O) groups is 2. The van der Waals surface area contributed by atoms with Gasteiger partial charge in [0.05, 0.1) is 5.92 Å². The van der Waals surface area contributed by atoms with Crippen LogP contribution < -0.4 is 5.32 Å². The van der Waals surface area contributed by atoms with E-state index in [2.05, 4.69) is 21.2 Å². The van der Waals surface area contributed by atoms with E-state index in [1.54, 1.807) is 18.2 Å². The summed E-state index contributed by atoms with van der Waals surface area (Å²) in [5, 5.41) is 11.7. The third-order valence-electron chi connectivity index (χ3n) is 3.30. The maximum Gasteiger partial charge on any atom is 0.310 e. The smallest absolute Gasteiger partial charge is 0.310 e. The molecule has 0 radical (unpaired) electrons. The summed E-state index contributed by atoms with van der Waals surface area (Å²) >= 11 is 3.45. The largest absolute Gasteiger partial charge is 0.481 e. The van der Waals surface area contributed by atoms with Crippen molar-refractivity contribution in [1.29, 1.82) is 0 Å². The van der Waals surface area contributed by atoms with Gasteiger partial charge in [0, 0.05) is 16.6 Å². The Kier molecular flexibility index (Phi) is 4.96. The van der Waals surface area contributed by atoms with Gasteiger partial charge in [0.25, 0.3) is 0 Å². The van der Waals surface area contributed by atoms with Crippen molar-refractivity contribution in [3.8, 4) is 0 Å². The lowest BCUT2D eigenvalue weighted by atomic mass is 10.1. The van der Waals surface area contributed by atoms with Crippen LogP contribution in [0.25, 0.3) is 6.08 Å². The summed E-state index contributed by atoms with van der Waals surface area (Å²) in [5.41, 5.74) is 2.06. The van der Waals surface area contributed by atoms with Gasteiger partial charge < -0.3 is 10.4 Å². The molecule has 0 saturated carbocycles. The average Bonchev–Trinajstić information content (AvgIpc) is 2.86. The Morgan fingerprint density at radius 2 is 2.14 bits per heavy atom. The van der Waals surface area contributed by atoms with E-state index >= 15 is 0 Å². The zero-order valence-electron chi connectivity index (χ0n) is 11.5. The van der Waals surface area contributed by atoms with Gasteiger partial charge in [-0.1, -0.05) is 40.2 Å². The third kappa shape index (κ3) is 4.29. The number of hydrogen-bond donors (Lipinski definition) is 2. The van der Waals surface area contributed by atoms with Crippen LogP contribution >= 0.6 is 15.9 Å². The van der Waals surface area contributed by atoms with Gasteiger partial charge in [0.2, 0.25) is 5.91 Å². The van der Waals surface area contributed by atoms with Gasteiger partial charge in [0.1, 0.15) is 0 Å². The molecular formula is C16H16BrNO3. The summed E-state index contributed by atoms with van der Waals surface area (Å²) in [6.07, 6.45) is 6.94. The highest BCUT2D eigenvalue weighted by atomic mass is 79.9. The summed E-state index contributed by atoms with van der Waals surface area (Å²) in [4.78, 5) is 22.7. The molecular weight excluding hydrogens is 334 g/mol. The molecule has 0 aliphatic heterocycles. The highest BCUT2D eigenvalue weighted by Crippen LogP contribution is 2.20. The molecule has 1 aliphatic carbocycles. The number of carbonyl (C=O) groups excluding carboxylic acids is 1. The van der Waals surface area contributed by atoms with Gasteiger partial charge in [-0.25, -0.2) is 0 Å². The standard InChI is InChI=1S/C16H16BrNO3/c1-10-2-3-11(14(17)8-10)5-7-15(19)18-13-6-4-12(9-13)16(20)21/h2-8,12-13H,9H2,1H3,(H,18,19)(H,20,21). The summed E-state index contributed by atoms with van der Waals surface area (Å²) in [5.74, 6) is -1.60. The topological polar surface area (TPSA) is 66.4 Å². The van der Waals surface area contributed by atoms with Crippen molar-refractivity contribution >= 4 is 33.9 Å². The second kappa shape index (κ2) is 6.72. The zero-order chi connectivity index (χ0) is 15.4. The van der Waals surface area contributed by atoms with Crippen LogP contribution in [0, 0.1) is 12.8 Å². The first-order chi connectivity index (χ1) is 9.95. The molecule has 2 rings (SSSR count). The van der Waals surface area contributed by atoms with E-state index < -0.39 is 11.9 Å². The molecule has 4 nitrogen and oxygen atoms in total. The lowest BCUT2D eigenvalue weighted by Gasteiger charge is -2.10. The molecule has 1 aliphatic rings. The van der Waals surface area contributed by atoms with E-state index in [1.165, 1.54) is 6.08 Å². The van der Waals surface area contributed by atoms with Gasteiger partial charge in [0.15, 0.2) is 0 Å². The Balaban J connectivity index is 1.92. The number of amides is 1. The van der Waals surface area contributed by atoms with Crippen LogP contribution in [0.5, 0.6) is 0 Å². The lowest BCUT2D eigenvalue weighted by molar-refractivity contribution is -0.140. The molecule has 110 valence electrons. The van der Waals surface area contributed by atoms with Crippen LogP contribution in [0.2, 0.25) is 0 Å². The summed E-state index contributed by atoms with van der Waals surface area (Å²) < 4.78 is 0.929. The monoisotopic (exact) mass is 349 g/mol. The number of benzene rings is 1. The van der Waals surface area contributed by atoms with Crippen LogP contribution in [0.15, 0.2) is 40.9 Å². The second-order valence-corrected chi connectivity index (χ2v) is 5.89. The third-order valence-corrected chi connectivity index (χ3v) is 3.99. The molecule has 0 aromatic heterocycles. The number of halogens is 1. The lowest BCUT2D eigenvalue weighted by Crippen LogP contribution is -2.31. The van der Waals surface area contributed by atoms with Crippen molar-refractivity contribution in [2.45, 2.75) is 19.4 Å². The minimum atomic E-state index is -0.859. The van der Waals surface area contributed by atoms with E-state index in [0.717, 1.165) is 15.6 Å². The molecule has 1 aromatic rings. The van der Waals surface area contributed by atoms with E-state index in [-0.39, 0.29) is 11.9 Å². The van der Waals surface area contributed by atoms with Crippen molar-refractivity contribution < 1.29 is 14.7 Å². The molecule has 5 heteroatoms. The van der Waals surface area contributed by atoms with E-state index in [4.69, 9.17) is 5.11 Å². The summed E-state index contributed by atoms with van der Waals surface area (Å²) in [6, 6.07) is 5.66. The van der Waals surface area contributed by atoms with Gasteiger partial charge in [-0.15, -0.1) is 0 Å². The molecule has 0 fully saturated rings. The quantitative estimate of drug-likeness (QED) is 0.648. The Morgan fingerprint density at radius 3 is 2.76 bits per heavy atom. The van der Waals surface area contributed by atoms with Gasteiger partial charge in [-0.2, -0.15) is 0 Å². The highest BCUT2D eigenvalue weighted by molar-refractivity contribution is 9.10. The summed E-state index contributed by atoms with van der Waals surface area (Å²) in [7, 11) is 0. The Labute approximate surface area is 131 Å². The Bertz CT molecular complexity index is 622.